The molecule has 224 valence electrons. The highest BCUT2D eigenvalue weighted by molar-refractivity contribution is 5.97. The first-order valence-electron chi connectivity index (χ1n) is 16.6. The Morgan fingerprint density at radius 1 is 0.756 bits per heavy atom. The van der Waals surface area contributed by atoms with Gasteiger partial charge in [-0.25, -0.2) is 4.98 Å². The lowest BCUT2D eigenvalue weighted by Gasteiger charge is -2.19. The van der Waals surface area contributed by atoms with E-state index in [0.717, 1.165) is 35.7 Å². The van der Waals surface area contributed by atoms with Crippen LogP contribution in [0.25, 0.3) is 11.0 Å². The van der Waals surface area contributed by atoms with Crippen LogP contribution in [-0.2, 0) is 11.3 Å². The summed E-state index contributed by atoms with van der Waals surface area (Å²) in [4.78, 5) is 20.0. The quantitative estimate of drug-likeness (QED) is 0.129. The summed E-state index contributed by atoms with van der Waals surface area (Å²) in [7, 11) is 1.66. The number of carbonyl (C=O) groups excluding carboxylic acids is 1. The van der Waals surface area contributed by atoms with Gasteiger partial charge in [0.25, 0.3) is 0 Å². The van der Waals surface area contributed by atoms with Gasteiger partial charge in [-0.05, 0) is 30.7 Å². The molecule has 0 aliphatic carbocycles. The molecule has 0 saturated carbocycles. The first-order valence-corrected chi connectivity index (χ1v) is 16.6. The fraction of sp³-hybridized carbons (Fsp3) is 0.611. The molecule has 4 rings (SSSR count). The second-order valence-corrected chi connectivity index (χ2v) is 12.0. The van der Waals surface area contributed by atoms with Crippen LogP contribution in [0.2, 0.25) is 0 Å². The highest BCUT2D eigenvalue weighted by atomic mass is 16.5. The predicted molar refractivity (Wildman–Crippen MR) is 172 cm³/mol. The van der Waals surface area contributed by atoms with Crippen LogP contribution in [0.15, 0.2) is 48.5 Å². The van der Waals surface area contributed by atoms with Gasteiger partial charge in [-0.2, -0.15) is 0 Å². The Bertz CT molecular complexity index is 1190. The molecule has 1 aliphatic heterocycles. The monoisotopic (exact) mass is 559 g/mol. The predicted octanol–water partition coefficient (Wildman–Crippen LogP) is 9.83. The summed E-state index contributed by atoms with van der Waals surface area (Å²) in [6.07, 6.45) is 22.5. The minimum atomic E-state index is 0.0841. The van der Waals surface area contributed by atoms with Gasteiger partial charge >= 0.3 is 0 Å². The zero-order valence-corrected chi connectivity index (χ0v) is 25.8. The van der Waals surface area contributed by atoms with Gasteiger partial charge in [0.05, 0.1) is 23.8 Å². The van der Waals surface area contributed by atoms with E-state index in [1.54, 1.807) is 7.11 Å². The number of methoxy groups -OCH3 is 1. The molecule has 3 aromatic rings. The molecule has 0 radical (unpaired) electrons. The van der Waals surface area contributed by atoms with Crippen LogP contribution >= 0.6 is 0 Å². The number of amides is 1. The molecule has 0 bridgehead atoms. The molecule has 0 spiro atoms. The molecule has 1 aliphatic rings. The number of carbonyl (C=O) groups is 1. The number of nitrogens with zero attached hydrogens (tertiary/aromatic N) is 3. The summed E-state index contributed by atoms with van der Waals surface area (Å²) in [6.45, 7) is 3.90. The van der Waals surface area contributed by atoms with E-state index in [1.807, 2.05) is 29.2 Å². The van der Waals surface area contributed by atoms with Gasteiger partial charge in [-0.1, -0.05) is 128 Å². The number of unbranched alkanes of at least 4 members (excludes halogenated alkanes) is 15. The normalized spacial score (nSPS) is 15.3. The van der Waals surface area contributed by atoms with Crippen molar-refractivity contribution in [3.63, 3.8) is 0 Å². The number of aromatic nitrogens is 2. The van der Waals surface area contributed by atoms with E-state index in [1.165, 1.54) is 102 Å². The van der Waals surface area contributed by atoms with Crippen molar-refractivity contribution in [3.05, 3.63) is 54.4 Å². The van der Waals surface area contributed by atoms with Gasteiger partial charge in [0.1, 0.15) is 11.6 Å². The van der Waals surface area contributed by atoms with E-state index in [-0.39, 0.29) is 11.8 Å². The lowest BCUT2D eigenvalue weighted by molar-refractivity contribution is -0.117. The average Bonchev–Trinajstić information content (AvgIpc) is 3.57. The van der Waals surface area contributed by atoms with Crippen LogP contribution < -0.4 is 9.64 Å². The van der Waals surface area contributed by atoms with Crippen molar-refractivity contribution >= 4 is 22.6 Å². The number of hydrogen-bond acceptors (Lipinski definition) is 3. The van der Waals surface area contributed by atoms with Crippen LogP contribution in [0, 0.1) is 0 Å². The summed E-state index contributed by atoms with van der Waals surface area (Å²) in [6, 6.07) is 16.2. The summed E-state index contributed by atoms with van der Waals surface area (Å²) in [5, 5.41) is 0. The van der Waals surface area contributed by atoms with Crippen molar-refractivity contribution in [2.75, 3.05) is 18.6 Å². The summed E-state index contributed by atoms with van der Waals surface area (Å²) < 4.78 is 7.94. The van der Waals surface area contributed by atoms with Gasteiger partial charge in [0.15, 0.2) is 0 Å². The number of rotatable bonds is 20. The number of benzene rings is 2. The van der Waals surface area contributed by atoms with Gasteiger partial charge in [-0.15, -0.1) is 0 Å². The lowest BCUT2D eigenvalue weighted by Crippen LogP contribution is -2.25. The van der Waals surface area contributed by atoms with E-state index in [4.69, 9.17) is 9.72 Å². The Morgan fingerprint density at radius 2 is 1.32 bits per heavy atom. The van der Waals surface area contributed by atoms with Crippen molar-refractivity contribution in [1.82, 2.24) is 9.55 Å². The fourth-order valence-electron chi connectivity index (χ4n) is 6.42. The van der Waals surface area contributed by atoms with Gasteiger partial charge < -0.3 is 14.2 Å². The third kappa shape index (κ3) is 9.08. The number of fused-ring (bicyclic) bond motifs is 1. The largest absolute Gasteiger partial charge is 0.495 e. The molecule has 1 amide bonds. The first-order chi connectivity index (χ1) is 20.2. The molecule has 1 saturated heterocycles. The summed E-state index contributed by atoms with van der Waals surface area (Å²) >= 11 is 0. The van der Waals surface area contributed by atoms with E-state index in [2.05, 4.69) is 35.8 Å². The van der Waals surface area contributed by atoms with Gasteiger partial charge in [-0.3, -0.25) is 4.79 Å². The van der Waals surface area contributed by atoms with Crippen LogP contribution in [0.3, 0.4) is 0 Å². The van der Waals surface area contributed by atoms with Gasteiger partial charge in [0, 0.05) is 25.4 Å². The molecule has 2 heterocycles. The molecule has 5 nitrogen and oxygen atoms in total. The molecule has 2 aromatic carbocycles. The van der Waals surface area contributed by atoms with Crippen LogP contribution in [0.5, 0.6) is 5.75 Å². The smallest absolute Gasteiger partial charge is 0.227 e. The molecule has 1 fully saturated rings. The number of hydrogen-bond donors (Lipinski definition) is 0. The number of ether oxygens (including phenoxy) is 1. The van der Waals surface area contributed by atoms with Crippen molar-refractivity contribution in [1.29, 1.82) is 0 Å². The minimum Gasteiger partial charge on any atom is -0.495 e. The molecule has 0 N–H and O–H groups in total. The number of anilines is 1. The summed E-state index contributed by atoms with van der Waals surface area (Å²) in [5.74, 6) is 2.02. The Morgan fingerprint density at radius 3 is 1.95 bits per heavy atom. The minimum absolute atomic E-state index is 0.0841. The molecular formula is C36H53N3O2. The zero-order valence-electron chi connectivity index (χ0n) is 25.8. The first kappa shape index (κ1) is 31.1. The van der Waals surface area contributed by atoms with Gasteiger partial charge in [0.2, 0.25) is 5.91 Å². The van der Waals surface area contributed by atoms with Crippen molar-refractivity contribution < 1.29 is 9.53 Å². The van der Waals surface area contributed by atoms with E-state index >= 15 is 0 Å². The van der Waals surface area contributed by atoms with Crippen LogP contribution in [0.4, 0.5) is 5.69 Å². The number of para-hydroxylation sites is 4. The third-order valence-electron chi connectivity index (χ3n) is 8.79. The van der Waals surface area contributed by atoms with Crippen molar-refractivity contribution in [3.8, 4) is 5.75 Å². The van der Waals surface area contributed by atoms with Crippen LogP contribution in [0.1, 0.15) is 128 Å². The Kier molecular flexibility index (Phi) is 13.1. The highest BCUT2D eigenvalue weighted by Crippen LogP contribution is 2.37. The maximum absolute atomic E-state index is 13.1. The maximum atomic E-state index is 13.1. The third-order valence-corrected chi connectivity index (χ3v) is 8.79. The standard InChI is InChI=1S/C36H53N3O2/c1-3-4-5-6-7-8-9-10-11-12-13-14-15-16-17-22-27-38-32-24-19-18-23-31(32)37-36(38)30-28-35(40)39(29-30)33-25-20-21-26-34(33)41-2/h18-21,23-26,30H,3-17,22,27-29H2,1-2H3. The summed E-state index contributed by atoms with van der Waals surface area (Å²) in [5.41, 5.74) is 3.07. The molecule has 5 heteroatoms. The molecule has 1 atom stereocenters. The molecule has 1 aromatic heterocycles. The van der Waals surface area contributed by atoms with E-state index in [9.17, 15) is 4.79 Å². The average molecular weight is 560 g/mol. The fourth-order valence-corrected chi connectivity index (χ4v) is 6.42. The molecular weight excluding hydrogens is 506 g/mol. The van der Waals surface area contributed by atoms with E-state index in [0.29, 0.717) is 13.0 Å². The zero-order chi connectivity index (χ0) is 28.7. The maximum Gasteiger partial charge on any atom is 0.227 e. The van der Waals surface area contributed by atoms with Crippen molar-refractivity contribution in [2.45, 2.75) is 129 Å². The van der Waals surface area contributed by atoms with Crippen LogP contribution in [-0.4, -0.2) is 29.1 Å². The van der Waals surface area contributed by atoms with E-state index < -0.39 is 0 Å². The lowest BCUT2D eigenvalue weighted by atomic mass is 10.0. The molecule has 1 unspecified atom stereocenters. The topological polar surface area (TPSA) is 47.4 Å². The highest BCUT2D eigenvalue weighted by Gasteiger charge is 2.35. The second kappa shape index (κ2) is 17.2. The molecule has 41 heavy (non-hydrogen) atoms. The SMILES string of the molecule is CCCCCCCCCCCCCCCCCCn1c(C2CC(=O)N(c3ccccc3OC)C2)nc2ccccc21. The number of imidazole rings is 1. The number of aryl methyl sites for hydroxylation is 1. The van der Waals surface area contributed by atoms with Crippen molar-refractivity contribution in [2.24, 2.45) is 0 Å². The Hall–Kier alpha value is -2.82. The second-order valence-electron chi connectivity index (χ2n) is 12.0. The Balaban J connectivity index is 1.18. The Labute approximate surface area is 248 Å².